The lowest BCUT2D eigenvalue weighted by Gasteiger charge is -2.33. The number of ether oxygens (including phenoxy) is 1. The topological polar surface area (TPSA) is 67.4 Å². The molecule has 1 N–H and O–H groups in total. The van der Waals surface area contributed by atoms with Gasteiger partial charge in [0, 0.05) is 43.2 Å². The molecule has 3 aromatic rings. The smallest absolute Gasteiger partial charge is 0.417 e. The van der Waals surface area contributed by atoms with Gasteiger partial charge in [-0.25, -0.2) is 9.97 Å². The average molecular weight is 456 g/mol. The Morgan fingerprint density at radius 3 is 2.48 bits per heavy atom. The molecule has 172 valence electrons. The molecule has 1 aromatic carbocycles. The van der Waals surface area contributed by atoms with Crippen molar-refractivity contribution < 1.29 is 22.7 Å². The van der Waals surface area contributed by atoms with Crippen LogP contribution in [0.1, 0.15) is 34.3 Å². The molecule has 2 aromatic heterocycles. The summed E-state index contributed by atoms with van der Waals surface area (Å²) in [6, 6.07) is 15.3. The third-order valence-electron chi connectivity index (χ3n) is 5.46. The Labute approximate surface area is 189 Å². The van der Waals surface area contributed by atoms with E-state index in [1.807, 2.05) is 35.2 Å². The van der Waals surface area contributed by atoms with Crippen molar-refractivity contribution in [1.29, 1.82) is 0 Å². The first-order chi connectivity index (χ1) is 15.9. The summed E-state index contributed by atoms with van der Waals surface area (Å²) in [6.45, 7) is 1.53. The van der Waals surface area contributed by atoms with Crippen LogP contribution in [0.25, 0.3) is 0 Å². The summed E-state index contributed by atoms with van der Waals surface area (Å²) in [5, 5.41) is 3.02. The Kier molecular flexibility index (Phi) is 6.76. The number of alkyl halides is 3. The summed E-state index contributed by atoms with van der Waals surface area (Å²) in [5.41, 5.74) is 0.696. The number of piperidine rings is 1. The van der Waals surface area contributed by atoms with Gasteiger partial charge in [0.2, 0.25) is 5.88 Å². The monoisotopic (exact) mass is 456 g/mol. The van der Waals surface area contributed by atoms with E-state index in [1.54, 1.807) is 12.1 Å². The first-order valence-electron chi connectivity index (χ1n) is 10.6. The summed E-state index contributed by atoms with van der Waals surface area (Å²) in [5.74, 6) is 0.657. The maximum Gasteiger partial charge on any atom is 0.417 e. The quantitative estimate of drug-likeness (QED) is 0.593. The van der Waals surface area contributed by atoms with Crippen LogP contribution in [0.2, 0.25) is 0 Å². The first kappa shape index (κ1) is 22.6. The Balaban J connectivity index is 1.28. The van der Waals surface area contributed by atoms with Gasteiger partial charge in [0.05, 0.1) is 5.56 Å². The Bertz CT molecular complexity index is 1070. The predicted molar refractivity (Wildman–Crippen MR) is 117 cm³/mol. The number of nitrogens with zero attached hydrogens (tertiary/aromatic N) is 3. The molecule has 1 aliphatic heterocycles. The second kappa shape index (κ2) is 9.89. The van der Waals surface area contributed by atoms with Crippen molar-refractivity contribution in [2.24, 2.45) is 0 Å². The Morgan fingerprint density at radius 1 is 1.06 bits per heavy atom. The fourth-order valence-corrected chi connectivity index (χ4v) is 3.62. The minimum absolute atomic E-state index is 0.0370. The number of pyridine rings is 2. The summed E-state index contributed by atoms with van der Waals surface area (Å²) in [7, 11) is 0. The number of anilines is 1. The van der Waals surface area contributed by atoms with Crippen molar-refractivity contribution in [2.75, 3.05) is 18.0 Å². The number of nitrogens with one attached hydrogen (secondary N) is 1. The summed E-state index contributed by atoms with van der Waals surface area (Å²) < 4.78 is 43.8. The first-order valence-corrected chi connectivity index (χ1v) is 10.6. The van der Waals surface area contributed by atoms with Crippen molar-refractivity contribution in [3.05, 3.63) is 83.7 Å². The van der Waals surface area contributed by atoms with E-state index >= 15 is 0 Å². The molecule has 1 fully saturated rings. The number of benzene rings is 1. The molecule has 6 nitrogen and oxygen atoms in total. The molecule has 0 bridgehead atoms. The fourth-order valence-electron chi connectivity index (χ4n) is 3.62. The summed E-state index contributed by atoms with van der Waals surface area (Å²) >= 11 is 0. The van der Waals surface area contributed by atoms with Crippen molar-refractivity contribution >= 4 is 11.7 Å². The standard InChI is InChI=1S/C24H23F3N4O2/c25-24(26,27)19-6-7-21(29-15-19)31-12-9-20(10-13-31)30-23(32)18-8-11-28-22(14-18)33-16-17-4-2-1-3-5-17/h1-8,11,14-15,20H,9-10,12-13,16H2,(H,30,32). The van der Waals surface area contributed by atoms with Crippen LogP contribution in [-0.2, 0) is 12.8 Å². The zero-order chi connectivity index (χ0) is 23.3. The van der Waals surface area contributed by atoms with Crippen LogP contribution in [0.5, 0.6) is 5.88 Å². The fraction of sp³-hybridized carbons (Fsp3) is 0.292. The molecule has 1 amide bonds. The molecule has 4 rings (SSSR count). The molecule has 9 heteroatoms. The lowest BCUT2D eigenvalue weighted by molar-refractivity contribution is -0.137. The third-order valence-corrected chi connectivity index (χ3v) is 5.46. The van der Waals surface area contributed by atoms with E-state index in [9.17, 15) is 18.0 Å². The number of rotatable bonds is 6. The van der Waals surface area contributed by atoms with E-state index in [1.165, 1.54) is 12.3 Å². The lowest BCUT2D eigenvalue weighted by Crippen LogP contribution is -2.45. The van der Waals surface area contributed by atoms with Gasteiger partial charge in [-0.05, 0) is 36.6 Å². The molecule has 0 radical (unpaired) electrons. The highest BCUT2D eigenvalue weighted by molar-refractivity contribution is 5.94. The molecule has 0 unspecified atom stereocenters. The lowest BCUT2D eigenvalue weighted by atomic mass is 10.0. The van der Waals surface area contributed by atoms with Gasteiger partial charge in [-0.15, -0.1) is 0 Å². The maximum absolute atomic E-state index is 12.7. The van der Waals surface area contributed by atoms with Crippen LogP contribution in [0.3, 0.4) is 0 Å². The molecule has 0 aliphatic carbocycles. The summed E-state index contributed by atoms with van der Waals surface area (Å²) in [6.07, 6.45) is -0.686. The number of aromatic nitrogens is 2. The molecule has 0 spiro atoms. The normalized spacial score (nSPS) is 14.7. The molecular weight excluding hydrogens is 433 g/mol. The second-order valence-electron chi connectivity index (χ2n) is 7.79. The number of hydrogen-bond acceptors (Lipinski definition) is 5. The minimum atomic E-state index is -4.40. The van der Waals surface area contributed by atoms with E-state index in [4.69, 9.17) is 4.74 Å². The molecule has 1 saturated heterocycles. The highest BCUT2D eigenvalue weighted by Gasteiger charge is 2.31. The second-order valence-corrected chi connectivity index (χ2v) is 7.79. The molecule has 0 saturated carbocycles. The van der Waals surface area contributed by atoms with Crippen molar-refractivity contribution in [2.45, 2.75) is 31.7 Å². The van der Waals surface area contributed by atoms with E-state index in [-0.39, 0.29) is 11.9 Å². The van der Waals surface area contributed by atoms with E-state index in [0.717, 1.165) is 17.8 Å². The van der Waals surface area contributed by atoms with E-state index in [2.05, 4.69) is 15.3 Å². The van der Waals surface area contributed by atoms with Gasteiger partial charge in [-0.3, -0.25) is 4.79 Å². The van der Waals surface area contributed by atoms with Crippen LogP contribution in [0.15, 0.2) is 67.0 Å². The SMILES string of the molecule is O=C(NC1CCN(c2ccc(C(F)(F)F)cn2)CC1)c1ccnc(OCc2ccccc2)c1. The predicted octanol–water partition coefficient (Wildman–Crippen LogP) is 4.47. The van der Waals surface area contributed by atoms with Crippen molar-refractivity contribution in [3.8, 4) is 5.88 Å². The van der Waals surface area contributed by atoms with Crippen molar-refractivity contribution in [1.82, 2.24) is 15.3 Å². The Hall–Kier alpha value is -3.62. The highest BCUT2D eigenvalue weighted by atomic mass is 19.4. The minimum Gasteiger partial charge on any atom is -0.473 e. The summed E-state index contributed by atoms with van der Waals surface area (Å²) in [4.78, 5) is 22.7. The molecule has 3 heterocycles. The molecule has 0 atom stereocenters. The maximum atomic E-state index is 12.7. The molecule has 33 heavy (non-hydrogen) atoms. The number of halogens is 3. The van der Waals surface area contributed by atoms with Crippen LogP contribution in [0, 0.1) is 0 Å². The zero-order valence-electron chi connectivity index (χ0n) is 17.8. The van der Waals surface area contributed by atoms with Crippen LogP contribution >= 0.6 is 0 Å². The zero-order valence-corrected chi connectivity index (χ0v) is 17.8. The van der Waals surface area contributed by atoms with Crippen LogP contribution in [-0.4, -0.2) is 35.0 Å². The van der Waals surface area contributed by atoms with Gasteiger partial charge in [0.25, 0.3) is 5.91 Å². The van der Waals surface area contributed by atoms with Crippen LogP contribution < -0.4 is 15.0 Å². The number of carbonyl (C=O) groups is 1. The van der Waals surface area contributed by atoms with Crippen molar-refractivity contribution in [3.63, 3.8) is 0 Å². The largest absolute Gasteiger partial charge is 0.473 e. The number of amides is 1. The van der Waals surface area contributed by atoms with E-state index < -0.39 is 11.7 Å². The molecular formula is C24H23F3N4O2. The van der Waals surface area contributed by atoms with Gasteiger partial charge < -0.3 is 15.0 Å². The average Bonchev–Trinajstić information content (AvgIpc) is 2.84. The van der Waals surface area contributed by atoms with Gasteiger partial charge in [-0.2, -0.15) is 13.2 Å². The van der Waals surface area contributed by atoms with Crippen LogP contribution in [0.4, 0.5) is 19.0 Å². The molecule has 1 aliphatic rings. The van der Waals surface area contributed by atoms with Gasteiger partial charge in [-0.1, -0.05) is 30.3 Å². The van der Waals surface area contributed by atoms with Gasteiger partial charge in [0.1, 0.15) is 12.4 Å². The number of carbonyl (C=O) groups excluding carboxylic acids is 1. The van der Waals surface area contributed by atoms with Gasteiger partial charge >= 0.3 is 6.18 Å². The highest BCUT2D eigenvalue weighted by Crippen LogP contribution is 2.29. The number of hydrogen-bond donors (Lipinski definition) is 1. The third kappa shape index (κ3) is 6.00. The van der Waals surface area contributed by atoms with Gasteiger partial charge in [0.15, 0.2) is 0 Å². The van der Waals surface area contributed by atoms with E-state index in [0.29, 0.717) is 49.8 Å². The Morgan fingerprint density at radius 2 is 1.82 bits per heavy atom.